The summed E-state index contributed by atoms with van der Waals surface area (Å²) in [6.45, 7) is 5.22. The van der Waals surface area contributed by atoms with Crippen LogP contribution < -0.4 is 0 Å². The van der Waals surface area contributed by atoms with Gasteiger partial charge in [-0.05, 0) is 26.0 Å². The average Bonchev–Trinajstić information content (AvgIpc) is 2.42. The molecule has 20 heavy (non-hydrogen) atoms. The van der Waals surface area contributed by atoms with E-state index in [0.29, 0.717) is 5.56 Å². The van der Waals surface area contributed by atoms with Crippen LogP contribution in [0.4, 0.5) is 0 Å². The van der Waals surface area contributed by atoms with Gasteiger partial charge in [0, 0.05) is 6.92 Å². The number of esters is 2. The maximum Gasteiger partial charge on any atom is 0.338 e. The van der Waals surface area contributed by atoms with Crippen LogP contribution in [-0.4, -0.2) is 37.4 Å². The minimum atomic E-state index is -0.595. The number of hydrogen-bond acceptors (Lipinski definition) is 5. The van der Waals surface area contributed by atoms with E-state index in [9.17, 15) is 9.59 Å². The third kappa shape index (κ3) is 6.33. The molecule has 0 heterocycles. The number of carbonyl (C=O) groups excluding carboxylic acids is 2. The highest BCUT2D eigenvalue weighted by Crippen LogP contribution is 2.04. The quantitative estimate of drug-likeness (QED) is 0.716. The van der Waals surface area contributed by atoms with Crippen LogP contribution in [0.2, 0.25) is 0 Å². The van der Waals surface area contributed by atoms with Gasteiger partial charge in [0.15, 0.2) is 6.10 Å². The minimum Gasteiger partial charge on any atom is -0.458 e. The molecule has 1 atom stereocenters. The van der Waals surface area contributed by atoms with Crippen molar-refractivity contribution in [2.45, 2.75) is 33.0 Å². The summed E-state index contributed by atoms with van der Waals surface area (Å²) in [7, 11) is 0. The zero-order valence-electron chi connectivity index (χ0n) is 12.0. The second kappa shape index (κ2) is 8.32. The van der Waals surface area contributed by atoms with Crippen molar-refractivity contribution in [3.8, 4) is 0 Å². The zero-order chi connectivity index (χ0) is 15.0. The molecule has 0 aliphatic rings. The minimum absolute atomic E-state index is 0.0119. The summed E-state index contributed by atoms with van der Waals surface area (Å²) in [5.41, 5.74) is 0.457. The van der Waals surface area contributed by atoms with Crippen LogP contribution in [-0.2, 0) is 19.0 Å². The molecule has 0 bridgehead atoms. The Morgan fingerprint density at radius 2 is 1.75 bits per heavy atom. The molecule has 0 N–H and O–H groups in total. The molecule has 0 amide bonds. The van der Waals surface area contributed by atoms with Crippen molar-refractivity contribution in [3.63, 3.8) is 0 Å². The Balaban J connectivity index is 2.48. The van der Waals surface area contributed by atoms with Gasteiger partial charge in [0.2, 0.25) is 0 Å². The van der Waals surface area contributed by atoms with Crippen molar-refractivity contribution in [1.82, 2.24) is 0 Å². The Labute approximate surface area is 118 Å². The number of benzene rings is 1. The van der Waals surface area contributed by atoms with Gasteiger partial charge in [0.05, 0.1) is 18.3 Å². The van der Waals surface area contributed by atoms with Crippen LogP contribution in [0.5, 0.6) is 0 Å². The predicted molar refractivity (Wildman–Crippen MR) is 73.4 cm³/mol. The molecule has 0 aromatic heterocycles. The van der Waals surface area contributed by atoms with E-state index in [1.54, 1.807) is 24.3 Å². The summed E-state index contributed by atoms with van der Waals surface area (Å²) >= 11 is 0. The molecule has 1 aromatic rings. The largest absolute Gasteiger partial charge is 0.458 e. The summed E-state index contributed by atoms with van der Waals surface area (Å²) in [4.78, 5) is 22.8. The molecule has 5 heteroatoms. The molecule has 0 aliphatic carbocycles. The molecular weight excluding hydrogens is 260 g/mol. The molecule has 0 saturated carbocycles. The average molecular weight is 280 g/mol. The number of rotatable bonds is 7. The highest BCUT2D eigenvalue weighted by atomic mass is 16.6. The first kappa shape index (κ1) is 16.2. The molecule has 0 radical (unpaired) electrons. The Morgan fingerprint density at radius 1 is 1.10 bits per heavy atom. The van der Waals surface area contributed by atoms with E-state index in [4.69, 9.17) is 14.2 Å². The lowest BCUT2D eigenvalue weighted by atomic mass is 10.2. The first-order chi connectivity index (χ1) is 9.49. The van der Waals surface area contributed by atoms with E-state index in [-0.39, 0.29) is 19.3 Å². The van der Waals surface area contributed by atoms with Crippen LogP contribution in [0.3, 0.4) is 0 Å². The van der Waals surface area contributed by atoms with Crippen molar-refractivity contribution in [2.24, 2.45) is 0 Å². The van der Waals surface area contributed by atoms with Crippen LogP contribution in [0.15, 0.2) is 30.3 Å². The Bertz CT molecular complexity index is 427. The second-order valence-electron chi connectivity index (χ2n) is 4.58. The highest BCUT2D eigenvalue weighted by Gasteiger charge is 2.16. The molecule has 110 valence electrons. The van der Waals surface area contributed by atoms with E-state index in [1.807, 2.05) is 19.9 Å². The van der Waals surface area contributed by atoms with Gasteiger partial charge in [-0.1, -0.05) is 18.2 Å². The fourth-order valence-electron chi connectivity index (χ4n) is 1.48. The third-order valence-corrected chi connectivity index (χ3v) is 2.36. The van der Waals surface area contributed by atoms with Crippen molar-refractivity contribution >= 4 is 11.9 Å². The summed E-state index contributed by atoms with van der Waals surface area (Å²) in [6, 6.07) is 8.64. The van der Waals surface area contributed by atoms with Gasteiger partial charge in [-0.25, -0.2) is 4.79 Å². The molecular formula is C15H20O5. The predicted octanol–water partition coefficient (Wildman–Crippen LogP) is 2.20. The molecule has 0 aliphatic heterocycles. The SMILES string of the molecule is CC(=O)OC(COC(=O)c1ccccc1)COC(C)C. The van der Waals surface area contributed by atoms with Gasteiger partial charge in [-0.15, -0.1) is 0 Å². The topological polar surface area (TPSA) is 61.8 Å². The molecule has 5 nitrogen and oxygen atoms in total. The first-order valence-corrected chi connectivity index (χ1v) is 6.50. The van der Waals surface area contributed by atoms with Crippen LogP contribution in [0.25, 0.3) is 0 Å². The maximum atomic E-state index is 11.8. The zero-order valence-corrected chi connectivity index (χ0v) is 12.0. The Morgan fingerprint density at radius 3 is 2.30 bits per heavy atom. The highest BCUT2D eigenvalue weighted by molar-refractivity contribution is 5.89. The lowest BCUT2D eigenvalue weighted by molar-refractivity contribution is -0.153. The third-order valence-electron chi connectivity index (χ3n) is 2.36. The van der Waals surface area contributed by atoms with E-state index in [0.717, 1.165) is 0 Å². The lowest BCUT2D eigenvalue weighted by Gasteiger charge is -2.18. The molecule has 1 unspecified atom stereocenters. The van der Waals surface area contributed by atoms with Gasteiger partial charge < -0.3 is 14.2 Å². The standard InChI is InChI=1S/C15H20O5/c1-11(2)18-9-14(20-12(3)16)10-19-15(17)13-7-5-4-6-8-13/h4-8,11,14H,9-10H2,1-3H3. The Hall–Kier alpha value is -1.88. The molecule has 1 rings (SSSR count). The second-order valence-corrected chi connectivity index (χ2v) is 4.58. The monoisotopic (exact) mass is 280 g/mol. The summed E-state index contributed by atoms with van der Waals surface area (Å²) in [6.07, 6.45) is -0.583. The van der Waals surface area contributed by atoms with Crippen LogP contribution in [0, 0.1) is 0 Å². The van der Waals surface area contributed by atoms with Gasteiger partial charge in [0.25, 0.3) is 0 Å². The lowest BCUT2D eigenvalue weighted by Crippen LogP contribution is -2.30. The van der Waals surface area contributed by atoms with Gasteiger partial charge in [-0.2, -0.15) is 0 Å². The Kier molecular flexibility index (Phi) is 6.73. The molecule has 0 fully saturated rings. The van der Waals surface area contributed by atoms with E-state index in [2.05, 4.69) is 0 Å². The van der Waals surface area contributed by atoms with Gasteiger partial charge in [0.1, 0.15) is 6.61 Å². The number of ether oxygens (including phenoxy) is 3. The van der Waals surface area contributed by atoms with Gasteiger partial charge >= 0.3 is 11.9 Å². The van der Waals surface area contributed by atoms with Crippen molar-refractivity contribution in [1.29, 1.82) is 0 Å². The molecule has 0 spiro atoms. The first-order valence-electron chi connectivity index (χ1n) is 6.50. The van der Waals surface area contributed by atoms with Crippen LogP contribution >= 0.6 is 0 Å². The summed E-state index contributed by atoms with van der Waals surface area (Å²) in [5, 5.41) is 0. The summed E-state index contributed by atoms with van der Waals surface area (Å²) < 4.78 is 15.5. The fraction of sp³-hybridized carbons (Fsp3) is 0.467. The molecule has 0 saturated heterocycles. The normalized spacial score (nSPS) is 12.0. The van der Waals surface area contributed by atoms with E-state index >= 15 is 0 Å². The molecule has 1 aromatic carbocycles. The van der Waals surface area contributed by atoms with E-state index < -0.39 is 18.0 Å². The summed E-state index contributed by atoms with van der Waals surface area (Å²) in [5.74, 6) is -0.884. The number of hydrogen-bond donors (Lipinski definition) is 0. The van der Waals surface area contributed by atoms with Crippen molar-refractivity contribution in [3.05, 3.63) is 35.9 Å². The fourth-order valence-corrected chi connectivity index (χ4v) is 1.48. The van der Waals surface area contributed by atoms with Gasteiger partial charge in [-0.3, -0.25) is 4.79 Å². The van der Waals surface area contributed by atoms with Crippen LogP contribution in [0.1, 0.15) is 31.1 Å². The van der Waals surface area contributed by atoms with Crippen molar-refractivity contribution in [2.75, 3.05) is 13.2 Å². The maximum absolute atomic E-state index is 11.8. The smallest absolute Gasteiger partial charge is 0.338 e. The van der Waals surface area contributed by atoms with E-state index in [1.165, 1.54) is 6.92 Å². The number of carbonyl (C=O) groups is 2. The van der Waals surface area contributed by atoms with Crippen molar-refractivity contribution < 1.29 is 23.8 Å².